The van der Waals surface area contributed by atoms with Gasteiger partial charge in [0.2, 0.25) is 0 Å². The van der Waals surface area contributed by atoms with Gasteiger partial charge in [0.1, 0.15) is 0 Å². The van der Waals surface area contributed by atoms with Gasteiger partial charge in [0.15, 0.2) is 0 Å². The van der Waals surface area contributed by atoms with E-state index in [-0.39, 0.29) is 0 Å². The number of anilines is 1. The normalized spacial score (nSPS) is 9.23. The fourth-order valence-electron chi connectivity index (χ4n) is 0.677. The summed E-state index contributed by atoms with van der Waals surface area (Å²) in [6.07, 6.45) is 0. The van der Waals surface area contributed by atoms with E-state index in [1.54, 1.807) is 0 Å². The average Bonchev–Trinajstić information content (AvgIpc) is 2.19. The molecule has 0 amide bonds. The molecule has 0 atom stereocenters. The molecule has 0 fully saturated rings. The number of hydrogen-bond donors (Lipinski definition) is 1. The first kappa shape index (κ1) is 12.0. The Bertz CT molecular complexity index is 193. The molecule has 2 N–H and O–H groups in total. The molecule has 0 aliphatic carbocycles. The van der Waals surface area contributed by atoms with Crippen LogP contribution in [0.25, 0.3) is 0 Å². The summed E-state index contributed by atoms with van der Waals surface area (Å²) in [4.78, 5) is 2.25. The molecule has 1 aromatic rings. The highest BCUT2D eigenvalue weighted by Gasteiger charge is 1.81. The minimum absolute atomic E-state index is 0.822. The molecule has 0 spiro atoms. The van der Waals surface area contributed by atoms with Gasteiger partial charge in [-0.25, -0.2) is 0 Å². The van der Waals surface area contributed by atoms with Crippen molar-refractivity contribution in [3.8, 4) is 0 Å². The Labute approximate surface area is 81.4 Å². The van der Waals surface area contributed by atoms with Gasteiger partial charge in [-0.15, -0.1) is 0 Å². The Kier molecular flexibility index (Phi) is 7.02. The summed E-state index contributed by atoms with van der Waals surface area (Å²) in [6.45, 7) is 6.64. The summed E-state index contributed by atoms with van der Waals surface area (Å²) in [5, 5.41) is 0. The summed E-state index contributed by atoms with van der Waals surface area (Å²) < 4.78 is 0. The topological polar surface area (TPSA) is 29.3 Å². The van der Waals surface area contributed by atoms with Crippen LogP contribution in [-0.4, -0.2) is 25.0 Å². The minimum Gasteiger partial charge on any atom is -0.399 e. The fourth-order valence-corrected chi connectivity index (χ4v) is 0.677. The van der Waals surface area contributed by atoms with Crippen molar-refractivity contribution in [2.45, 2.75) is 13.8 Å². The number of nitrogens with two attached hydrogens (primary N) is 1. The van der Waals surface area contributed by atoms with Gasteiger partial charge in [-0.1, -0.05) is 32.0 Å². The lowest BCUT2D eigenvalue weighted by Crippen LogP contribution is -2.15. The van der Waals surface area contributed by atoms with Crippen molar-refractivity contribution in [3.05, 3.63) is 30.3 Å². The minimum atomic E-state index is 0.822. The third kappa shape index (κ3) is 7.34. The summed E-state index contributed by atoms with van der Waals surface area (Å²) in [5.41, 5.74) is 6.18. The Morgan fingerprint density at radius 1 is 1.08 bits per heavy atom. The van der Waals surface area contributed by atoms with Crippen molar-refractivity contribution in [2.75, 3.05) is 25.9 Å². The van der Waals surface area contributed by atoms with Gasteiger partial charge < -0.3 is 10.6 Å². The third-order valence-electron chi connectivity index (χ3n) is 1.88. The van der Waals surface area contributed by atoms with E-state index in [0.717, 1.165) is 18.8 Å². The van der Waals surface area contributed by atoms with Gasteiger partial charge in [0.05, 0.1) is 0 Å². The van der Waals surface area contributed by atoms with Gasteiger partial charge in [-0.3, -0.25) is 0 Å². The Balaban J connectivity index is 0.000000226. The van der Waals surface area contributed by atoms with E-state index in [0.29, 0.717) is 0 Å². The lowest BCUT2D eigenvalue weighted by atomic mass is 10.3. The molecule has 0 unspecified atom stereocenters. The smallest absolute Gasteiger partial charge is 0.0313 e. The van der Waals surface area contributed by atoms with Crippen molar-refractivity contribution >= 4 is 5.69 Å². The molecule has 74 valence electrons. The molecule has 0 bridgehead atoms. The van der Waals surface area contributed by atoms with Crippen LogP contribution in [0.2, 0.25) is 0 Å². The van der Waals surface area contributed by atoms with Crippen molar-refractivity contribution in [1.82, 2.24) is 4.90 Å². The molecule has 2 heteroatoms. The first-order valence-corrected chi connectivity index (χ1v) is 4.69. The van der Waals surface area contributed by atoms with Crippen LogP contribution in [0, 0.1) is 0 Å². The second-order valence-electron chi connectivity index (χ2n) is 2.90. The van der Waals surface area contributed by atoms with Crippen LogP contribution in [0.4, 0.5) is 5.69 Å². The monoisotopic (exact) mass is 180 g/mol. The lowest BCUT2D eigenvalue weighted by Gasteiger charge is -2.07. The van der Waals surface area contributed by atoms with Crippen molar-refractivity contribution < 1.29 is 0 Å². The number of rotatable bonds is 2. The molecule has 1 aromatic carbocycles. The predicted octanol–water partition coefficient (Wildman–Crippen LogP) is 2.23. The Morgan fingerprint density at radius 3 is 1.69 bits per heavy atom. The molecule has 0 radical (unpaired) electrons. The highest BCUT2D eigenvalue weighted by molar-refractivity contribution is 5.35. The van der Waals surface area contributed by atoms with E-state index < -0.39 is 0 Å². The zero-order chi connectivity index (χ0) is 10.1. The van der Waals surface area contributed by atoms with Crippen molar-refractivity contribution in [3.63, 3.8) is 0 Å². The number of para-hydroxylation sites is 1. The molecule has 13 heavy (non-hydrogen) atoms. The average molecular weight is 180 g/mol. The van der Waals surface area contributed by atoms with E-state index in [1.165, 1.54) is 0 Å². The van der Waals surface area contributed by atoms with Crippen molar-refractivity contribution in [2.24, 2.45) is 0 Å². The first-order valence-electron chi connectivity index (χ1n) is 4.69. The standard InChI is InChI=1S/C6H7N.C5H13N/c7-6-4-2-1-3-5-6;1-4-6(3)5-2/h1-5H,7H2;4-5H2,1-3H3. The van der Waals surface area contributed by atoms with Crippen LogP contribution >= 0.6 is 0 Å². The van der Waals surface area contributed by atoms with Gasteiger partial charge in [-0.05, 0) is 32.3 Å². The van der Waals surface area contributed by atoms with Crippen LogP contribution in [0.15, 0.2) is 30.3 Å². The van der Waals surface area contributed by atoms with Crippen LogP contribution in [0.5, 0.6) is 0 Å². The zero-order valence-electron chi connectivity index (χ0n) is 8.83. The highest BCUT2D eigenvalue weighted by Crippen LogP contribution is 1.95. The molecule has 0 aliphatic rings. The summed E-state index contributed by atoms with van der Waals surface area (Å²) in [7, 11) is 2.11. The van der Waals surface area contributed by atoms with E-state index in [1.807, 2.05) is 30.3 Å². The second-order valence-corrected chi connectivity index (χ2v) is 2.90. The number of nitrogens with zero attached hydrogens (tertiary/aromatic N) is 1. The number of benzene rings is 1. The van der Waals surface area contributed by atoms with Crippen LogP contribution in [-0.2, 0) is 0 Å². The van der Waals surface area contributed by atoms with E-state index in [4.69, 9.17) is 5.73 Å². The molecule has 0 heterocycles. The van der Waals surface area contributed by atoms with Crippen LogP contribution in [0.1, 0.15) is 13.8 Å². The quantitative estimate of drug-likeness (QED) is 0.707. The van der Waals surface area contributed by atoms with E-state index in [9.17, 15) is 0 Å². The summed E-state index contributed by atoms with van der Waals surface area (Å²) >= 11 is 0. The Hall–Kier alpha value is -1.02. The summed E-state index contributed by atoms with van der Waals surface area (Å²) in [5.74, 6) is 0. The molecule has 2 nitrogen and oxygen atoms in total. The lowest BCUT2D eigenvalue weighted by molar-refractivity contribution is 0.373. The maximum absolute atomic E-state index is 5.36. The van der Waals surface area contributed by atoms with E-state index >= 15 is 0 Å². The van der Waals surface area contributed by atoms with Crippen molar-refractivity contribution in [1.29, 1.82) is 0 Å². The van der Waals surface area contributed by atoms with Gasteiger partial charge >= 0.3 is 0 Å². The molecule has 0 aliphatic heterocycles. The molecule has 0 aromatic heterocycles. The van der Waals surface area contributed by atoms with Gasteiger partial charge in [-0.2, -0.15) is 0 Å². The molecule has 0 saturated carbocycles. The molecular weight excluding hydrogens is 160 g/mol. The van der Waals surface area contributed by atoms with Crippen LogP contribution in [0.3, 0.4) is 0 Å². The largest absolute Gasteiger partial charge is 0.399 e. The molecular formula is C11H20N2. The SMILES string of the molecule is CCN(C)CC.Nc1ccccc1. The van der Waals surface area contributed by atoms with Gasteiger partial charge in [0, 0.05) is 5.69 Å². The zero-order valence-corrected chi connectivity index (χ0v) is 8.83. The van der Waals surface area contributed by atoms with Gasteiger partial charge in [0.25, 0.3) is 0 Å². The molecule has 1 rings (SSSR count). The highest BCUT2D eigenvalue weighted by atomic mass is 15.1. The maximum Gasteiger partial charge on any atom is 0.0313 e. The van der Waals surface area contributed by atoms with Crippen LogP contribution < -0.4 is 5.73 Å². The predicted molar refractivity (Wildman–Crippen MR) is 59.7 cm³/mol. The second kappa shape index (κ2) is 7.62. The first-order chi connectivity index (χ1) is 6.20. The van der Waals surface area contributed by atoms with E-state index in [2.05, 4.69) is 25.8 Å². The third-order valence-corrected chi connectivity index (χ3v) is 1.88. The number of hydrogen-bond acceptors (Lipinski definition) is 2. The maximum atomic E-state index is 5.36. The fraction of sp³-hybridized carbons (Fsp3) is 0.455. The summed E-state index contributed by atoms with van der Waals surface area (Å²) in [6, 6.07) is 9.49. The Morgan fingerprint density at radius 2 is 1.54 bits per heavy atom. The molecule has 0 saturated heterocycles. The number of nitrogen functional groups attached to an aromatic ring is 1.